The van der Waals surface area contributed by atoms with Gasteiger partial charge in [0.05, 0.1) is 29.6 Å². The van der Waals surface area contributed by atoms with E-state index in [1.807, 2.05) is 30.7 Å². The summed E-state index contributed by atoms with van der Waals surface area (Å²) >= 11 is 1.59. The van der Waals surface area contributed by atoms with Crippen LogP contribution in [0.2, 0.25) is 0 Å². The van der Waals surface area contributed by atoms with E-state index in [4.69, 9.17) is 4.74 Å². The van der Waals surface area contributed by atoms with E-state index in [9.17, 15) is 4.79 Å². The van der Waals surface area contributed by atoms with Crippen molar-refractivity contribution in [1.82, 2.24) is 20.3 Å². The zero-order valence-corrected chi connectivity index (χ0v) is 14.8. The lowest BCUT2D eigenvalue weighted by molar-refractivity contribution is 0.0950. The first-order chi connectivity index (χ1) is 12.1. The summed E-state index contributed by atoms with van der Waals surface area (Å²) in [6.45, 7) is 4.14. The third-order valence-corrected chi connectivity index (χ3v) is 4.02. The number of nitrogens with zero attached hydrogens (tertiary/aromatic N) is 3. The van der Waals surface area contributed by atoms with Crippen molar-refractivity contribution < 1.29 is 9.53 Å². The number of carbonyl (C=O) groups excluding carboxylic acids is 1. The van der Waals surface area contributed by atoms with Crippen LogP contribution in [0.25, 0.3) is 11.3 Å². The van der Waals surface area contributed by atoms with Gasteiger partial charge in [0.1, 0.15) is 0 Å². The molecule has 7 heteroatoms. The van der Waals surface area contributed by atoms with E-state index in [1.165, 1.54) is 6.20 Å². The molecule has 0 aliphatic carbocycles. The fraction of sp³-hybridized carbons (Fsp3) is 0.222. The molecule has 0 aliphatic rings. The molecule has 128 valence electrons. The summed E-state index contributed by atoms with van der Waals surface area (Å²) in [6.07, 6.45) is 4.82. The van der Waals surface area contributed by atoms with Crippen LogP contribution in [0.1, 0.15) is 29.9 Å². The van der Waals surface area contributed by atoms with E-state index >= 15 is 0 Å². The van der Waals surface area contributed by atoms with Gasteiger partial charge < -0.3 is 10.1 Å². The molecular formula is C18H18N4O2S. The van der Waals surface area contributed by atoms with E-state index in [2.05, 4.69) is 20.3 Å². The Hall–Kier alpha value is -2.80. The summed E-state index contributed by atoms with van der Waals surface area (Å²) in [7, 11) is 0. The van der Waals surface area contributed by atoms with E-state index < -0.39 is 0 Å². The molecule has 1 amide bonds. The number of pyridine rings is 1. The molecule has 25 heavy (non-hydrogen) atoms. The van der Waals surface area contributed by atoms with E-state index in [1.54, 1.807) is 35.9 Å². The first kappa shape index (κ1) is 17.0. The Morgan fingerprint density at radius 1 is 1.20 bits per heavy atom. The van der Waals surface area contributed by atoms with E-state index in [-0.39, 0.29) is 12.0 Å². The predicted octanol–water partition coefficient (Wildman–Crippen LogP) is 3.32. The van der Waals surface area contributed by atoms with Crippen LogP contribution in [-0.2, 0) is 6.54 Å². The zero-order valence-electron chi connectivity index (χ0n) is 14.0. The third-order valence-electron chi connectivity index (χ3n) is 3.34. The van der Waals surface area contributed by atoms with Crippen LogP contribution in [-0.4, -0.2) is 27.0 Å². The average molecular weight is 354 g/mol. The van der Waals surface area contributed by atoms with Gasteiger partial charge in [0.15, 0.2) is 0 Å². The van der Waals surface area contributed by atoms with Gasteiger partial charge in [0.25, 0.3) is 5.91 Å². The van der Waals surface area contributed by atoms with Crippen molar-refractivity contribution in [3.63, 3.8) is 0 Å². The highest BCUT2D eigenvalue weighted by Gasteiger charge is 2.11. The fourth-order valence-electron chi connectivity index (χ4n) is 2.23. The van der Waals surface area contributed by atoms with Crippen LogP contribution in [0.15, 0.2) is 47.5 Å². The van der Waals surface area contributed by atoms with Crippen molar-refractivity contribution in [3.8, 4) is 17.1 Å². The SMILES string of the molecule is CC(C)Oc1ccc(C(=O)NCc2nccnc2-c2ccsc2)cn1. The van der Waals surface area contributed by atoms with Crippen LogP contribution in [0.5, 0.6) is 5.88 Å². The van der Waals surface area contributed by atoms with E-state index in [0.29, 0.717) is 18.0 Å². The lowest BCUT2D eigenvalue weighted by atomic mass is 10.2. The average Bonchev–Trinajstić information content (AvgIpc) is 3.14. The van der Waals surface area contributed by atoms with Gasteiger partial charge in [-0.05, 0) is 31.4 Å². The molecule has 3 aromatic heterocycles. The van der Waals surface area contributed by atoms with Crippen LogP contribution >= 0.6 is 11.3 Å². The lowest BCUT2D eigenvalue weighted by Gasteiger charge is -2.10. The highest BCUT2D eigenvalue weighted by molar-refractivity contribution is 7.08. The molecular weight excluding hydrogens is 336 g/mol. The summed E-state index contributed by atoms with van der Waals surface area (Å²) in [6, 6.07) is 5.36. The molecule has 0 atom stereocenters. The van der Waals surface area contributed by atoms with Crippen molar-refractivity contribution in [2.24, 2.45) is 0 Å². The maximum atomic E-state index is 12.3. The Balaban J connectivity index is 1.67. The molecule has 0 aromatic carbocycles. The first-order valence-electron chi connectivity index (χ1n) is 7.87. The molecule has 6 nitrogen and oxygen atoms in total. The number of aromatic nitrogens is 3. The highest BCUT2D eigenvalue weighted by Crippen LogP contribution is 2.22. The minimum absolute atomic E-state index is 0.0411. The Morgan fingerprint density at radius 2 is 2.04 bits per heavy atom. The summed E-state index contributed by atoms with van der Waals surface area (Å²) < 4.78 is 5.48. The molecule has 0 spiro atoms. The van der Waals surface area contributed by atoms with Crippen molar-refractivity contribution in [2.75, 3.05) is 0 Å². The molecule has 0 bridgehead atoms. The van der Waals surface area contributed by atoms with Crippen molar-refractivity contribution >= 4 is 17.2 Å². The van der Waals surface area contributed by atoms with Gasteiger partial charge in [-0.15, -0.1) is 0 Å². The predicted molar refractivity (Wildman–Crippen MR) is 96.5 cm³/mol. The number of carbonyl (C=O) groups is 1. The van der Waals surface area contributed by atoms with Crippen LogP contribution in [0.3, 0.4) is 0 Å². The summed E-state index contributed by atoms with van der Waals surface area (Å²) in [5.74, 6) is 0.283. The summed E-state index contributed by atoms with van der Waals surface area (Å²) in [5, 5.41) is 6.85. The molecule has 0 fully saturated rings. The van der Waals surface area contributed by atoms with Gasteiger partial charge in [-0.3, -0.25) is 14.8 Å². The molecule has 3 aromatic rings. The number of nitrogens with one attached hydrogen (secondary N) is 1. The molecule has 1 N–H and O–H groups in total. The number of ether oxygens (including phenoxy) is 1. The van der Waals surface area contributed by atoms with Crippen molar-refractivity contribution in [3.05, 3.63) is 58.8 Å². The monoisotopic (exact) mass is 354 g/mol. The van der Waals surface area contributed by atoms with Crippen molar-refractivity contribution in [1.29, 1.82) is 0 Å². The quantitative estimate of drug-likeness (QED) is 0.735. The van der Waals surface area contributed by atoms with Gasteiger partial charge in [-0.2, -0.15) is 11.3 Å². The highest BCUT2D eigenvalue weighted by atomic mass is 32.1. The Labute approximate surface area is 149 Å². The Kier molecular flexibility index (Phi) is 5.35. The topological polar surface area (TPSA) is 77.0 Å². The number of amides is 1. The molecule has 0 aliphatic heterocycles. The molecule has 0 saturated heterocycles. The first-order valence-corrected chi connectivity index (χ1v) is 8.81. The van der Waals surface area contributed by atoms with Gasteiger partial charge in [0.2, 0.25) is 5.88 Å². The smallest absolute Gasteiger partial charge is 0.253 e. The summed E-state index contributed by atoms with van der Waals surface area (Å²) in [4.78, 5) is 25.2. The Bertz CT molecular complexity index is 833. The number of hydrogen-bond donors (Lipinski definition) is 1. The number of rotatable bonds is 6. The second kappa shape index (κ2) is 7.85. The van der Waals surface area contributed by atoms with E-state index in [0.717, 1.165) is 17.0 Å². The van der Waals surface area contributed by atoms with Crippen molar-refractivity contribution in [2.45, 2.75) is 26.5 Å². The van der Waals surface area contributed by atoms with Gasteiger partial charge in [-0.25, -0.2) is 4.98 Å². The zero-order chi connectivity index (χ0) is 17.6. The maximum Gasteiger partial charge on any atom is 0.253 e. The molecule has 0 radical (unpaired) electrons. The van der Waals surface area contributed by atoms with Crippen LogP contribution < -0.4 is 10.1 Å². The largest absolute Gasteiger partial charge is 0.475 e. The van der Waals surface area contributed by atoms with Gasteiger partial charge in [0, 0.05) is 35.6 Å². The van der Waals surface area contributed by atoms with Crippen LogP contribution in [0.4, 0.5) is 0 Å². The number of thiophene rings is 1. The molecule has 0 unspecified atom stereocenters. The minimum atomic E-state index is -0.217. The summed E-state index contributed by atoms with van der Waals surface area (Å²) in [5.41, 5.74) is 2.97. The van der Waals surface area contributed by atoms with Gasteiger partial charge >= 0.3 is 0 Å². The normalized spacial score (nSPS) is 10.7. The second-order valence-corrected chi connectivity index (χ2v) is 6.38. The number of hydrogen-bond acceptors (Lipinski definition) is 6. The third kappa shape index (κ3) is 4.39. The minimum Gasteiger partial charge on any atom is -0.475 e. The fourth-order valence-corrected chi connectivity index (χ4v) is 2.87. The molecule has 3 rings (SSSR count). The van der Waals surface area contributed by atoms with Crippen LogP contribution in [0, 0.1) is 0 Å². The Morgan fingerprint density at radius 3 is 2.72 bits per heavy atom. The second-order valence-electron chi connectivity index (χ2n) is 5.60. The maximum absolute atomic E-state index is 12.3. The standard InChI is InChI=1S/C18H18N4O2S/c1-12(2)24-16-4-3-13(9-21-16)18(23)22-10-15-17(20-7-6-19-15)14-5-8-25-11-14/h3-9,11-12H,10H2,1-2H3,(H,22,23). The molecule has 3 heterocycles. The van der Waals surface area contributed by atoms with Gasteiger partial charge in [-0.1, -0.05) is 0 Å². The lowest BCUT2D eigenvalue weighted by Crippen LogP contribution is -2.24. The molecule has 0 saturated carbocycles.